The van der Waals surface area contributed by atoms with Crippen molar-refractivity contribution in [3.8, 4) is 5.75 Å². The first-order valence-corrected chi connectivity index (χ1v) is 11.2. The number of nitrogens with zero attached hydrogens (tertiary/aromatic N) is 1. The summed E-state index contributed by atoms with van der Waals surface area (Å²) < 4.78 is 32.8. The third-order valence-corrected chi connectivity index (χ3v) is 7.04. The van der Waals surface area contributed by atoms with Gasteiger partial charge in [0, 0.05) is 18.7 Å². The predicted molar refractivity (Wildman–Crippen MR) is 114 cm³/mol. The fourth-order valence-corrected chi connectivity index (χ4v) is 5.52. The van der Waals surface area contributed by atoms with Crippen molar-refractivity contribution in [2.24, 2.45) is 11.8 Å². The SMILES string of the molecule is COc1ccc(C)cc1NC(=O)c1ccc(S(=O)(=O)N2C[C@H](C)C[C@H](C)C2)cc1. The van der Waals surface area contributed by atoms with E-state index in [-0.39, 0.29) is 10.8 Å². The molecular formula is C22H28N2O4S. The lowest BCUT2D eigenvalue weighted by molar-refractivity contribution is 0.102. The van der Waals surface area contributed by atoms with Gasteiger partial charge in [0.15, 0.2) is 0 Å². The Labute approximate surface area is 172 Å². The fraction of sp³-hybridized carbons (Fsp3) is 0.409. The topological polar surface area (TPSA) is 75.7 Å². The Morgan fingerprint density at radius 3 is 2.28 bits per heavy atom. The van der Waals surface area contributed by atoms with Gasteiger partial charge in [-0.3, -0.25) is 4.79 Å². The Hall–Kier alpha value is -2.38. The van der Waals surface area contributed by atoms with Crippen LogP contribution >= 0.6 is 0 Å². The van der Waals surface area contributed by atoms with E-state index in [4.69, 9.17) is 4.74 Å². The maximum absolute atomic E-state index is 13.0. The van der Waals surface area contributed by atoms with Crippen molar-refractivity contribution in [2.75, 3.05) is 25.5 Å². The molecule has 7 heteroatoms. The van der Waals surface area contributed by atoms with Crippen LogP contribution in [0.4, 0.5) is 5.69 Å². The summed E-state index contributed by atoms with van der Waals surface area (Å²) >= 11 is 0. The molecule has 156 valence electrons. The van der Waals surface area contributed by atoms with E-state index < -0.39 is 10.0 Å². The molecule has 0 aromatic heterocycles. The smallest absolute Gasteiger partial charge is 0.255 e. The van der Waals surface area contributed by atoms with Crippen LogP contribution < -0.4 is 10.1 Å². The summed E-state index contributed by atoms with van der Waals surface area (Å²) in [5, 5.41) is 2.83. The first-order valence-electron chi connectivity index (χ1n) is 9.77. The van der Waals surface area contributed by atoms with Gasteiger partial charge in [-0.05, 0) is 67.1 Å². The van der Waals surface area contributed by atoms with Crippen LogP contribution in [0.3, 0.4) is 0 Å². The van der Waals surface area contributed by atoms with Crippen molar-refractivity contribution in [3.05, 3.63) is 53.6 Å². The van der Waals surface area contributed by atoms with Crippen molar-refractivity contribution < 1.29 is 17.9 Å². The summed E-state index contributed by atoms with van der Waals surface area (Å²) in [5.74, 6) is 0.917. The summed E-state index contributed by atoms with van der Waals surface area (Å²) in [6, 6.07) is 11.6. The molecule has 1 amide bonds. The van der Waals surface area contributed by atoms with Gasteiger partial charge in [0.1, 0.15) is 5.75 Å². The lowest BCUT2D eigenvalue weighted by atomic mass is 9.94. The second kappa shape index (κ2) is 8.55. The largest absolute Gasteiger partial charge is 0.495 e. The molecule has 0 bridgehead atoms. The van der Waals surface area contributed by atoms with E-state index in [9.17, 15) is 13.2 Å². The minimum Gasteiger partial charge on any atom is -0.495 e. The van der Waals surface area contributed by atoms with Crippen LogP contribution in [0.25, 0.3) is 0 Å². The number of amides is 1. The highest BCUT2D eigenvalue weighted by Crippen LogP contribution is 2.28. The quantitative estimate of drug-likeness (QED) is 0.801. The lowest BCUT2D eigenvalue weighted by Gasteiger charge is -2.34. The van der Waals surface area contributed by atoms with E-state index in [0.29, 0.717) is 41.9 Å². The van der Waals surface area contributed by atoms with Crippen LogP contribution in [0.2, 0.25) is 0 Å². The number of carbonyl (C=O) groups is 1. The molecule has 29 heavy (non-hydrogen) atoms. The predicted octanol–water partition coefficient (Wildman–Crippen LogP) is 3.92. The fourth-order valence-electron chi connectivity index (χ4n) is 3.84. The Morgan fingerprint density at radius 1 is 1.07 bits per heavy atom. The van der Waals surface area contributed by atoms with Crippen LogP contribution in [0.15, 0.2) is 47.4 Å². The number of hydrogen-bond acceptors (Lipinski definition) is 4. The van der Waals surface area contributed by atoms with Crippen molar-refractivity contribution in [3.63, 3.8) is 0 Å². The molecule has 1 fully saturated rings. The monoisotopic (exact) mass is 416 g/mol. The number of carbonyl (C=O) groups excluding carboxylic acids is 1. The van der Waals surface area contributed by atoms with Gasteiger partial charge in [0.05, 0.1) is 17.7 Å². The highest BCUT2D eigenvalue weighted by molar-refractivity contribution is 7.89. The number of ether oxygens (including phenoxy) is 1. The van der Waals surface area contributed by atoms with Gasteiger partial charge < -0.3 is 10.1 Å². The molecule has 1 N–H and O–H groups in total. The zero-order chi connectivity index (χ0) is 21.2. The molecule has 1 heterocycles. The molecule has 0 unspecified atom stereocenters. The number of piperidine rings is 1. The Kier molecular flexibility index (Phi) is 6.29. The summed E-state index contributed by atoms with van der Waals surface area (Å²) in [6.45, 7) is 7.14. The summed E-state index contributed by atoms with van der Waals surface area (Å²) in [6.07, 6.45) is 1.04. The number of methoxy groups -OCH3 is 1. The molecule has 0 radical (unpaired) electrons. The van der Waals surface area contributed by atoms with Crippen molar-refractivity contribution in [1.82, 2.24) is 4.31 Å². The number of nitrogens with one attached hydrogen (secondary N) is 1. The Balaban J connectivity index is 1.78. The zero-order valence-electron chi connectivity index (χ0n) is 17.3. The first-order chi connectivity index (χ1) is 13.7. The maximum atomic E-state index is 13.0. The molecule has 3 rings (SSSR count). The highest BCUT2D eigenvalue weighted by Gasteiger charge is 2.31. The molecule has 1 saturated heterocycles. The van der Waals surface area contributed by atoms with Gasteiger partial charge in [-0.1, -0.05) is 19.9 Å². The zero-order valence-corrected chi connectivity index (χ0v) is 18.1. The summed E-state index contributed by atoms with van der Waals surface area (Å²) in [5.41, 5.74) is 1.95. The van der Waals surface area contributed by atoms with Crippen LogP contribution in [-0.4, -0.2) is 38.8 Å². The van der Waals surface area contributed by atoms with Crippen LogP contribution in [-0.2, 0) is 10.0 Å². The number of sulfonamides is 1. The second-order valence-corrected chi connectivity index (χ2v) is 9.89. The minimum atomic E-state index is -3.56. The number of rotatable bonds is 5. The Morgan fingerprint density at radius 2 is 1.69 bits per heavy atom. The normalized spacial score (nSPS) is 20.3. The van der Waals surface area contributed by atoms with Gasteiger partial charge in [-0.2, -0.15) is 4.31 Å². The molecule has 0 aliphatic carbocycles. The van der Waals surface area contributed by atoms with E-state index in [2.05, 4.69) is 19.2 Å². The third kappa shape index (κ3) is 4.79. The number of aryl methyl sites for hydroxylation is 1. The van der Waals surface area contributed by atoms with Crippen molar-refractivity contribution >= 4 is 21.6 Å². The third-order valence-electron chi connectivity index (χ3n) is 5.19. The molecule has 2 aromatic rings. The highest BCUT2D eigenvalue weighted by atomic mass is 32.2. The van der Waals surface area contributed by atoms with Crippen LogP contribution in [0, 0.1) is 18.8 Å². The Bertz CT molecular complexity index is 976. The molecule has 2 aromatic carbocycles. The van der Waals surface area contributed by atoms with Gasteiger partial charge in [-0.25, -0.2) is 8.42 Å². The van der Waals surface area contributed by atoms with E-state index in [1.54, 1.807) is 29.6 Å². The molecule has 0 spiro atoms. The average Bonchev–Trinajstić information content (AvgIpc) is 2.67. The average molecular weight is 417 g/mol. The molecule has 2 atom stereocenters. The first kappa shape index (κ1) is 21.3. The maximum Gasteiger partial charge on any atom is 0.255 e. The number of hydrogen-bond donors (Lipinski definition) is 1. The van der Waals surface area contributed by atoms with Crippen LogP contribution in [0.1, 0.15) is 36.2 Å². The molecule has 0 saturated carbocycles. The van der Waals surface area contributed by atoms with Gasteiger partial charge >= 0.3 is 0 Å². The minimum absolute atomic E-state index is 0.212. The van der Waals surface area contributed by atoms with E-state index >= 15 is 0 Å². The summed E-state index contributed by atoms with van der Waals surface area (Å²) in [7, 11) is -2.02. The molecule has 1 aliphatic rings. The van der Waals surface area contributed by atoms with Crippen molar-refractivity contribution in [2.45, 2.75) is 32.1 Å². The number of anilines is 1. The van der Waals surface area contributed by atoms with Gasteiger partial charge in [-0.15, -0.1) is 0 Å². The molecular weight excluding hydrogens is 388 g/mol. The number of benzene rings is 2. The van der Waals surface area contributed by atoms with Crippen LogP contribution in [0.5, 0.6) is 5.75 Å². The van der Waals surface area contributed by atoms with Crippen molar-refractivity contribution in [1.29, 1.82) is 0 Å². The molecule has 6 nitrogen and oxygen atoms in total. The van der Waals surface area contributed by atoms with E-state index in [0.717, 1.165) is 12.0 Å². The second-order valence-electron chi connectivity index (χ2n) is 7.95. The summed E-state index contributed by atoms with van der Waals surface area (Å²) in [4.78, 5) is 12.8. The molecule has 1 aliphatic heterocycles. The van der Waals surface area contributed by atoms with Gasteiger partial charge in [0.25, 0.3) is 5.91 Å². The lowest BCUT2D eigenvalue weighted by Crippen LogP contribution is -2.42. The van der Waals surface area contributed by atoms with Gasteiger partial charge in [0.2, 0.25) is 10.0 Å². The van der Waals surface area contributed by atoms with E-state index in [1.165, 1.54) is 12.1 Å². The standard InChI is InChI=1S/C22H28N2O4S/c1-15-5-10-21(28-4)20(12-15)23-22(25)18-6-8-19(9-7-18)29(26,27)24-13-16(2)11-17(3)14-24/h5-10,12,16-17H,11,13-14H2,1-4H3,(H,23,25)/t16-,17+. The van der Waals surface area contributed by atoms with E-state index in [1.807, 2.05) is 19.1 Å².